The molecule has 0 N–H and O–H groups in total. The Labute approximate surface area is 156 Å². The number of rotatable bonds is 7. The topological polar surface area (TPSA) is 88.6 Å². The first-order chi connectivity index (χ1) is 11.9. The largest absolute Gasteiger partial charge is 0.340 e. The summed E-state index contributed by atoms with van der Waals surface area (Å²) >= 11 is 0. The van der Waals surface area contributed by atoms with Gasteiger partial charge in [-0.2, -0.15) is 0 Å². The monoisotopic (exact) mass is 401 g/mol. The van der Waals surface area contributed by atoms with Gasteiger partial charge in [-0.05, 0) is 37.5 Å². The van der Waals surface area contributed by atoms with Gasteiger partial charge in [-0.15, -0.1) is 0 Å². The number of amides is 1. The van der Waals surface area contributed by atoms with Crippen molar-refractivity contribution in [2.75, 3.05) is 18.8 Å². The van der Waals surface area contributed by atoms with Crippen LogP contribution in [0.5, 0.6) is 0 Å². The first-order valence-electron chi connectivity index (χ1n) is 8.75. The lowest BCUT2D eigenvalue weighted by atomic mass is 10.1. The minimum Gasteiger partial charge on any atom is -0.340 e. The normalized spacial score (nSPS) is 16.2. The average molecular weight is 402 g/mol. The van der Waals surface area contributed by atoms with Crippen LogP contribution >= 0.6 is 0 Å². The summed E-state index contributed by atoms with van der Waals surface area (Å²) in [7, 11) is -6.48. The fourth-order valence-electron chi connectivity index (χ4n) is 2.83. The van der Waals surface area contributed by atoms with Crippen LogP contribution in [0.15, 0.2) is 29.2 Å². The highest BCUT2D eigenvalue weighted by molar-refractivity contribution is 7.92. The van der Waals surface area contributed by atoms with E-state index in [1.807, 2.05) is 13.8 Å². The van der Waals surface area contributed by atoms with Crippen LogP contribution in [0.1, 0.15) is 33.3 Å². The van der Waals surface area contributed by atoms with Crippen LogP contribution in [0.4, 0.5) is 0 Å². The van der Waals surface area contributed by atoms with E-state index in [9.17, 15) is 21.6 Å². The van der Waals surface area contributed by atoms with Crippen molar-refractivity contribution < 1.29 is 21.6 Å². The molecule has 2 rings (SSSR count). The van der Waals surface area contributed by atoms with Crippen molar-refractivity contribution >= 4 is 25.6 Å². The van der Waals surface area contributed by atoms with Crippen molar-refractivity contribution in [2.24, 2.45) is 5.92 Å². The summed E-state index contributed by atoms with van der Waals surface area (Å²) in [6.07, 6.45) is 0.138. The van der Waals surface area contributed by atoms with Crippen molar-refractivity contribution in [2.45, 2.75) is 49.5 Å². The average Bonchev–Trinajstić information content (AvgIpc) is 2.44. The van der Waals surface area contributed by atoms with E-state index in [4.69, 9.17) is 0 Å². The van der Waals surface area contributed by atoms with Crippen LogP contribution in [0.3, 0.4) is 0 Å². The summed E-state index contributed by atoms with van der Waals surface area (Å²) in [5.41, 5.74) is 0.714. The molecule has 0 saturated carbocycles. The third kappa shape index (κ3) is 4.65. The molecule has 1 aromatic rings. The highest BCUT2D eigenvalue weighted by atomic mass is 32.2. The molecule has 0 aromatic heterocycles. The van der Waals surface area contributed by atoms with Crippen molar-refractivity contribution in [1.29, 1.82) is 0 Å². The first kappa shape index (κ1) is 20.9. The number of carbonyl (C=O) groups excluding carboxylic acids is 1. The van der Waals surface area contributed by atoms with Crippen molar-refractivity contribution in [3.05, 3.63) is 29.8 Å². The molecule has 1 amide bonds. The maximum absolute atomic E-state index is 12.3. The number of benzene rings is 1. The summed E-state index contributed by atoms with van der Waals surface area (Å²) in [6, 6.07) is 6.31. The minimum atomic E-state index is -3.33. The Balaban J connectivity index is 1.94. The Morgan fingerprint density at radius 3 is 2.04 bits per heavy atom. The number of hydrogen-bond donors (Lipinski definition) is 0. The number of hydrogen-bond acceptors (Lipinski definition) is 5. The fraction of sp³-hybridized carbons (Fsp3) is 0.611. The molecule has 0 spiro atoms. The second kappa shape index (κ2) is 7.68. The van der Waals surface area contributed by atoms with Gasteiger partial charge >= 0.3 is 0 Å². The quantitative estimate of drug-likeness (QED) is 0.694. The highest BCUT2D eigenvalue weighted by Gasteiger charge is 2.39. The van der Waals surface area contributed by atoms with Crippen molar-refractivity contribution in [1.82, 2.24) is 4.90 Å². The summed E-state index contributed by atoms with van der Waals surface area (Å²) in [6.45, 7) is 7.47. The zero-order chi connectivity index (χ0) is 19.7. The predicted molar refractivity (Wildman–Crippen MR) is 101 cm³/mol. The molecule has 1 aliphatic heterocycles. The van der Waals surface area contributed by atoms with Gasteiger partial charge in [-0.25, -0.2) is 16.8 Å². The molecule has 1 heterocycles. The lowest BCUT2D eigenvalue weighted by Gasteiger charge is -2.39. The summed E-state index contributed by atoms with van der Waals surface area (Å²) in [4.78, 5) is 14.1. The zero-order valence-corrected chi connectivity index (χ0v) is 17.3. The molecule has 8 heteroatoms. The van der Waals surface area contributed by atoms with Gasteiger partial charge in [-0.1, -0.05) is 26.0 Å². The van der Waals surface area contributed by atoms with E-state index >= 15 is 0 Å². The second-order valence-corrected chi connectivity index (χ2v) is 12.4. The summed E-state index contributed by atoms with van der Waals surface area (Å²) in [5.74, 6) is 0.0803. The Morgan fingerprint density at radius 2 is 1.58 bits per heavy atom. The van der Waals surface area contributed by atoms with Crippen LogP contribution < -0.4 is 0 Å². The SMILES string of the molecule is CC(C)CS(=O)(=O)C1CN(C(=O)Cc2ccc(S(=O)(=O)C(C)C)cc2)C1. The highest BCUT2D eigenvalue weighted by Crippen LogP contribution is 2.21. The van der Waals surface area contributed by atoms with Gasteiger partial charge in [0.15, 0.2) is 19.7 Å². The minimum absolute atomic E-state index is 0.0744. The van der Waals surface area contributed by atoms with Gasteiger partial charge in [0.05, 0.1) is 27.6 Å². The van der Waals surface area contributed by atoms with Gasteiger partial charge in [-0.3, -0.25) is 4.79 Å². The molecule has 0 aliphatic carbocycles. The third-order valence-electron chi connectivity index (χ3n) is 4.50. The molecule has 6 nitrogen and oxygen atoms in total. The zero-order valence-electron chi connectivity index (χ0n) is 15.7. The molecular formula is C18H27NO5S2. The number of likely N-dealkylation sites (tertiary alicyclic amines) is 1. The molecule has 0 unspecified atom stereocenters. The molecule has 0 atom stereocenters. The maximum Gasteiger partial charge on any atom is 0.227 e. The standard InChI is InChI=1S/C18H27NO5S2/c1-13(2)12-25(21,22)17-10-19(11-17)18(20)9-15-5-7-16(8-6-15)26(23,24)14(3)4/h5-8,13-14,17H,9-12H2,1-4H3. The number of carbonyl (C=O) groups is 1. The molecule has 0 bridgehead atoms. The van der Waals surface area contributed by atoms with Gasteiger partial charge in [0.1, 0.15) is 0 Å². The molecular weight excluding hydrogens is 374 g/mol. The van der Waals surface area contributed by atoms with E-state index in [0.717, 1.165) is 0 Å². The molecule has 1 aliphatic rings. The van der Waals surface area contributed by atoms with Crippen LogP contribution in [0.2, 0.25) is 0 Å². The van der Waals surface area contributed by atoms with E-state index in [1.54, 1.807) is 30.9 Å². The predicted octanol–water partition coefficient (Wildman–Crippen LogP) is 1.69. The van der Waals surface area contributed by atoms with Crippen molar-refractivity contribution in [3.8, 4) is 0 Å². The smallest absolute Gasteiger partial charge is 0.227 e. The van der Waals surface area contributed by atoms with Crippen molar-refractivity contribution in [3.63, 3.8) is 0 Å². The molecule has 1 saturated heterocycles. The van der Waals surface area contributed by atoms with E-state index in [-0.39, 0.29) is 42.0 Å². The Hall–Kier alpha value is -1.41. The van der Waals surface area contributed by atoms with Gasteiger partial charge in [0.25, 0.3) is 0 Å². The lowest BCUT2D eigenvalue weighted by Crippen LogP contribution is -2.58. The Bertz CT molecular complexity index is 849. The van der Waals surface area contributed by atoms with Crippen LogP contribution in [-0.4, -0.2) is 57.0 Å². The second-order valence-electron chi connectivity index (χ2n) is 7.56. The molecule has 0 radical (unpaired) electrons. The molecule has 1 aromatic carbocycles. The van der Waals surface area contributed by atoms with Gasteiger partial charge in [0.2, 0.25) is 5.91 Å². The van der Waals surface area contributed by atoms with Crippen LogP contribution in [0, 0.1) is 5.92 Å². The van der Waals surface area contributed by atoms with Crippen LogP contribution in [-0.2, 0) is 30.9 Å². The van der Waals surface area contributed by atoms with E-state index < -0.39 is 30.2 Å². The Kier molecular flexibility index (Phi) is 6.17. The number of nitrogens with zero attached hydrogens (tertiary/aromatic N) is 1. The lowest BCUT2D eigenvalue weighted by molar-refractivity contribution is -0.133. The molecule has 26 heavy (non-hydrogen) atoms. The van der Waals surface area contributed by atoms with E-state index in [2.05, 4.69) is 0 Å². The first-order valence-corrected chi connectivity index (χ1v) is 12.0. The fourth-order valence-corrected chi connectivity index (χ4v) is 5.90. The third-order valence-corrected chi connectivity index (χ3v) is 9.12. The van der Waals surface area contributed by atoms with E-state index in [1.165, 1.54) is 12.1 Å². The molecule has 1 fully saturated rings. The Morgan fingerprint density at radius 1 is 1.04 bits per heavy atom. The molecule has 146 valence electrons. The van der Waals surface area contributed by atoms with Gasteiger partial charge in [0, 0.05) is 13.1 Å². The summed E-state index contributed by atoms with van der Waals surface area (Å²) in [5, 5.41) is -0.965. The maximum atomic E-state index is 12.3. The van der Waals surface area contributed by atoms with Crippen LogP contribution in [0.25, 0.3) is 0 Å². The van der Waals surface area contributed by atoms with E-state index in [0.29, 0.717) is 5.56 Å². The number of sulfone groups is 2. The summed E-state index contributed by atoms with van der Waals surface area (Å²) < 4.78 is 48.5. The van der Waals surface area contributed by atoms with Gasteiger partial charge < -0.3 is 4.90 Å².